The highest BCUT2D eigenvalue weighted by molar-refractivity contribution is 7.89. The van der Waals surface area contributed by atoms with Crippen LogP contribution < -0.4 is 5.32 Å². The Balaban J connectivity index is 1.14. The molecule has 3 aromatic heterocycles. The Morgan fingerprint density at radius 2 is 1.70 bits per heavy atom. The minimum Gasteiger partial charge on any atom is -0.306 e. The predicted octanol–water partition coefficient (Wildman–Crippen LogP) is 5.20. The molecule has 216 valence electrons. The first-order valence-electron chi connectivity index (χ1n) is 14.1. The SMILES string of the molecule is Cc1ccc(-n2nc(C3CCN(S(=O)(=O)c4ccc5ccccc5c4)CC3)cc2NC(=O)c2cnn3cccnc23)cc1. The van der Waals surface area contributed by atoms with Gasteiger partial charge in [-0.3, -0.25) is 4.79 Å². The molecule has 6 aromatic rings. The standard InChI is InChI=1S/C32H29N7O3S/c1-22-7-10-26(11-8-22)39-30(35-32(40)28-21-34-38-16-4-15-33-31(28)38)20-29(36-39)24-13-17-37(18-14-24)43(41,42)27-12-9-23-5-2-3-6-25(23)19-27/h2-12,15-16,19-21,24H,13-14,17-18H2,1H3,(H,35,40). The molecule has 1 saturated heterocycles. The molecule has 43 heavy (non-hydrogen) atoms. The van der Waals surface area contributed by atoms with Gasteiger partial charge in [-0.1, -0.05) is 48.0 Å². The number of hydrogen-bond acceptors (Lipinski definition) is 6. The van der Waals surface area contributed by atoms with Gasteiger partial charge < -0.3 is 5.32 Å². The van der Waals surface area contributed by atoms with E-state index in [9.17, 15) is 13.2 Å². The maximum Gasteiger partial charge on any atom is 0.262 e. The molecule has 1 aliphatic heterocycles. The summed E-state index contributed by atoms with van der Waals surface area (Å²) in [6.07, 6.45) is 6.08. The number of fused-ring (bicyclic) bond motifs is 2. The lowest BCUT2D eigenvalue weighted by atomic mass is 9.95. The van der Waals surface area contributed by atoms with Crippen molar-refractivity contribution in [1.82, 2.24) is 28.7 Å². The van der Waals surface area contributed by atoms with Gasteiger partial charge in [0.2, 0.25) is 10.0 Å². The highest BCUT2D eigenvalue weighted by atomic mass is 32.2. The smallest absolute Gasteiger partial charge is 0.262 e. The van der Waals surface area contributed by atoms with Crippen LogP contribution in [0, 0.1) is 6.92 Å². The number of aryl methyl sites for hydroxylation is 1. The van der Waals surface area contributed by atoms with Crippen LogP contribution in [0.2, 0.25) is 0 Å². The highest BCUT2D eigenvalue weighted by Gasteiger charge is 2.32. The summed E-state index contributed by atoms with van der Waals surface area (Å²) in [4.78, 5) is 18.0. The Bertz CT molecular complexity index is 2080. The molecule has 1 fully saturated rings. The number of amides is 1. The summed E-state index contributed by atoms with van der Waals surface area (Å²) >= 11 is 0. The van der Waals surface area contributed by atoms with Gasteiger partial charge in [0.1, 0.15) is 11.4 Å². The average molecular weight is 592 g/mol. The van der Waals surface area contributed by atoms with Gasteiger partial charge in [-0.25, -0.2) is 22.6 Å². The zero-order valence-electron chi connectivity index (χ0n) is 23.5. The van der Waals surface area contributed by atoms with Crippen LogP contribution in [-0.2, 0) is 10.0 Å². The Morgan fingerprint density at radius 3 is 2.49 bits per heavy atom. The third-order valence-corrected chi connectivity index (χ3v) is 9.90. The van der Waals surface area contributed by atoms with Crippen molar-refractivity contribution >= 4 is 38.2 Å². The number of hydrogen-bond donors (Lipinski definition) is 1. The number of benzene rings is 3. The number of anilines is 1. The molecule has 3 aromatic carbocycles. The average Bonchev–Trinajstić information content (AvgIpc) is 3.66. The van der Waals surface area contributed by atoms with Crippen LogP contribution in [0.5, 0.6) is 0 Å². The highest BCUT2D eigenvalue weighted by Crippen LogP contribution is 2.33. The van der Waals surface area contributed by atoms with Crippen LogP contribution in [0.15, 0.2) is 102 Å². The number of piperidine rings is 1. The van der Waals surface area contributed by atoms with Crippen molar-refractivity contribution in [3.8, 4) is 5.69 Å². The first-order chi connectivity index (χ1) is 20.9. The minimum absolute atomic E-state index is 0.0315. The maximum absolute atomic E-state index is 13.5. The molecule has 7 rings (SSSR count). The quantitative estimate of drug-likeness (QED) is 0.285. The van der Waals surface area contributed by atoms with Crippen molar-refractivity contribution in [1.29, 1.82) is 0 Å². The zero-order chi connectivity index (χ0) is 29.6. The van der Waals surface area contributed by atoms with Crippen molar-refractivity contribution in [3.05, 3.63) is 114 Å². The van der Waals surface area contributed by atoms with Gasteiger partial charge in [0.15, 0.2) is 5.65 Å². The van der Waals surface area contributed by atoms with E-state index in [0.717, 1.165) is 27.7 Å². The lowest BCUT2D eigenvalue weighted by Crippen LogP contribution is -2.38. The van der Waals surface area contributed by atoms with E-state index in [2.05, 4.69) is 15.4 Å². The van der Waals surface area contributed by atoms with Crippen molar-refractivity contribution in [3.63, 3.8) is 0 Å². The maximum atomic E-state index is 13.5. The monoisotopic (exact) mass is 591 g/mol. The van der Waals surface area contributed by atoms with Gasteiger partial charge >= 0.3 is 0 Å². The van der Waals surface area contributed by atoms with Gasteiger partial charge in [0.25, 0.3) is 5.91 Å². The van der Waals surface area contributed by atoms with E-state index >= 15 is 0 Å². The molecule has 0 atom stereocenters. The fourth-order valence-electron chi connectivity index (χ4n) is 5.61. The number of rotatable bonds is 6. The van der Waals surface area contributed by atoms with Crippen LogP contribution in [0.3, 0.4) is 0 Å². The van der Waals surface area contributed by atoms with Crippen LogP contribution in [-0.4, -0.2) is 56.1 Å². The van der Waals surface area contributed by atoms with Crippen molar-refractivity contribution < 1.29 is 13.2 Å². The third kappa shape index (κ3) is 5.06. The summed E-state index contributed by atoms with van der Waals surface area (Å²) < 4.78 is 31.9. The summed E-state index contributed by atoms with van der Waals surface area (Å²) in [6, 6.07) is 24.6. The molecule has 0 radical (unpaired) electrons. The minimum atomic E-state index is -3.63. The second-order valence-electron chi connectivity index (χ2n) is 10.8. The summed E-state index contributed by atoms with van der Waals surface area (Å²) in [6.45, 7) is 2.78. The molecular weight excluding hydrogens is 562 g/mol. The van der Waals surface area contributed by atoms with Gasteiger partial charge in [0.05, 0.1) is 22.5 Å². The molecule has 0 unspecified atom stereocenters. The molecule has 1 N–H and O–H groups in total. The van der Waals surface area contributed by atoms with E-state index in [0.29, 0.717) is 47.9 Å². The Kier molecular flexibility index (Phi) is 6.75. The molecule has 0 aliphatic carbocycles. The molecule has 10 nitrogen and oxygen atoms in total. The number of carbonyl (C=O) groups excluding carboxylic acids is 1. The van der Waals surface area contributed by atoms with Crippen LogP contribution >= 0.6 is 0 Å². The van der Waals surface area contributed by atoms with Crippen LogP contribution in [0.1, 0.15) is 40.4 Å². The van der Waals surface area contributed by atoms with E-state index in [-0.39, 0.29) is 11.8 Å². The fraction of sp³-hybridized carbons (Fsp3) is 0.188. The molecule has 0 spiro atoms. The van der Waals surface area contributed by atoms with Crippen LogP contribution in [0.4, 0.5) is 5.82 Å². The van der Waals surface area contributed by atoms with Crippen molar-refractivity contribution in [2.45, 2.75) is 30.6 Å². The number of nitrogens with zero attached hydrogens (tertiary/aromatic N) is 6. The first-order valence-corrected chi connectivity index (χ1v) is 15.6. The largest absolute Gasteiger partial charge is 0.306 e. The predicted molar refractivity (Wildman–Crippen MR) is 164 cm³/mol. The van der Waals surface area contributed by atoms with Gasteiger partial charge in [0, 0.05) is 37.5 Å². The number of aromatic nitrogens is 5. The van der Waals surface area contributed by atoms with E-state index in [1.54, 1.807) is 44.1 Å². The fourth-order valence-corrected chi connectivity index (χ4v) is 7.12. The normalized spacial score (nSPS) is 14.8. The van der Waals surface area contributed by atoms with E-state index in [4.69, 9.17) is 5.10 Å². The summed E-state index contributed by atoms with van der Waals surface area (Å²) in [5.74, 6) is 0.208. The topological polar surface area (TPSA) is 114 Å². The van der Waals surface area contributed by atoms with E-state index in [1.165, 1.54) is 6.20 Å². The van der Waals surface area contributed by atoms with Gasteiger partial charge in [-0.05, 0) is 60.9 Å². The Labute approximate surface area is 248 Å². The van der Waals surface area contributed by atoms with E-state index < -0.39 is 10.0 Å². The first kappa shape index (κ1) is 27.0. The summed E-state index contributed by atoms with van der Waals surface area (Å²) in [7, 11) is -3.63. The molecule has 4 heterocycles. The lowest BCUT2D eigenvalue weighted by Gasteiger charge is -2.30. The number of carbonyl (C=O) groups is 1. The lowest BCUT2D eigenvalue weighted by molar-refractivity contribution is 0.102. The van der Waals surface area contributed by atoms with Gasteiger partial charge in [-0.2, -0.15) is 14.5 Å². The van der Waals surface area contributed by atoms with Crippen LogP contribution in [0.25, 0.3) is 22.1 Å². The molecule has 1 amide bonds. The third-order valence-electron chi connectivity index (χ3n) is 8.00. The molecule has 0 saturated carbocycles. The molecule has 0 bridgehead atoms. The second kappa shape index (κ2) is 10.8. The molecule has 11 heteroatoms. The number of sulfonamides is 1. The molecule has 1 aliphatic rings. The van der Waals surface area contributed by atoms with Gasteiger partial charge in [-0.15, -0.1) is 0 Å². The van der Waals surface area contributed by atoms with Crippen molar-refractivity contribution in [2.24, 2.45) is 0 Å². The Morgan fingerprint density at radius 1 is 0.930 bits per heavy atom. The summed E-state index contributed by atoms with van der Waals surface area (Å²) in [5.41, 5.74) is 3.53. The second-order valence-corrected chi connectivity index (χ2v) is 12.7. The number of nitrogens with one attached hydrogen (secondary N) is 1. The van der Waals surface area contributed by atoms with E-state index in [1.807, 2.05) is 67.6 Å². The molecular formula is C32H29N7O3S. The Hall–Kier alpha value is -4.87. The van der Waals surface area contributed by atoms with Crippen molar-refractivity contribution in [2.75, 3.05) is 18.4 Å². The summed E-state index contributed by atoms with van der Waals surface area (Å²) in [5, 5.41) is 14.0. The zero-order valence-corrected chi connectivity index (χ0v) is 24.3.